The lowest BCUT2D eigenvalue weighted by atomic mass is 10.2. The first kappa shape index (κ1) is 14.6. The molecule has 3 unspecified atom stereocenters. The average molecular weight is 290 g/mol. The molecule has 0 saturated carbocycles. The number of rotatable bonds is 12. The summed E-state index contributed by atoms with van der Waals surface area (Å²) in [6.07, 6.45) is -0.150. The maximum atomic E-state index is 9.47. The normalized spacial score (nSPS) is 33.8. The Bertz CT molecular complexity index is 288. The molecule has 0 aromatic heterocycles. The molecule has 0 aromatic carbocycles. The minimum atomic E-state index is -0.405. The van der Waals surface area contributed by atoms with Gasteiger partial charge in [0.2, 0.25) is 0 Å². The molecule has 3 heterocycles. The molecule has 0 radical (unpaired) electrons. The van der Waals surface area contributed by atoms with Crippen LogP contribution in [0.4, 0.5) is 0 Å². The van der Waals surface area contributed by atoms with E-state index in [0.717, 1.165) is 19.8 Å². The van der Waals surface area contributed by atoms with Crippen molar-refractivity contribution in [3.8, 4) is 0 Å². The molecular formula is C13H22O7. The van der Waals surface area contributed by atoms with Crippen molar-refractivity contribution >= 4 is 0 Å². The number of hydrogen-bond donors (Lipinski definition) is 1. The van der Waals surface area contributed by atoms with Crippen molar-refractivity contribution in [1.29, 1.82) is 0 Å². The van der Waals surface area contributed by atoms with Crippen LogP contribution in [0.15, 0.2) is 0 Å². The Hall–Kier alpha value is -0.280. The van der Waals surface area contributed by atoms with Crippen molar-refractivity contribution in [3.63, 3.8) is 0 Å². The maximum absolute atomic E-state index is 9.47. The van der Waals surface area contributed by atoms with Crippen molar-refractivity contribution in [2.24, 2.45) is 0 Å². The van der Waals surface area contributed by atoms with Gasteiger partial charge in [0.05, 0.1) is 52.9 Å². The topological polar surface area (TPSA) is 85.5 Å². The van der Waals surface area contributed by atoms with Gasteiger partial charge in [-0.3, -0.25) is 0 Å². The van der Waals surface area contributed by atoms with Gasteiger partial charge in [-0.1, -0.05) is 0 Å². The van der Waals surface area contributed by atoms with Crippen LogP contribution in [-0.4, -0.2) is 88.5 Å². The highest BCUT2D eigenvalue weighted by molar-refractivity contribution is 4.77. The summed E-state index contributed by atoms with van der Waals surface area (Å²) < 4.78 is 32.3. The van der Waals surface area contributed by atoms with Gasteiger partial charge in [-0.2, -0.15) is 0 Å². The number of aliphatic hydroxyl groups excluding tert-OH is 1. The predicted molar refractivity (Wildman–Crippen MR) is 66.6 cm³/mol. The Morgan fingerprint density at radius 2 is 1.35 bits per heavy atom. The van der Waals surface area contributed by atoms with Crippen LogP contribution in [-0.2, 0) is 28.4 Å². The average Bonchev–Trinajstić information content (AvgIpc) is 3.26. The molecule has 3 saturated heterocycles. The highest BCUT2D eigenvalue weighted by Crippen LogP contribution is 2.16. The van der Waals surface area contributed by atoms with E-state index in [0.29, 0.717) is 26.4 Å². The Kier molecular flexibility index (Phi) is 5.22. The van der Waals surface area contributed by atoms with Gasteiger partial charge in [-0.05, 0) is 0 Å². The minimum Gasteiger partial charge on any atom is -0.394 e. The summed E-state index contributed by atoms with van der Waals surface area (Å²) >= 11 is 0. The summed E-state index contributed by atoms with van der Waals surface area (Å²) in [6.45, 7) is 4.06. The van der Waals surface area contributed by atoms with Crippen LogP contribution in [0.1, 0.15) is 0 Å². The molecule has 0 spiro atoms. The third-order valence-electron chi connectivity index (χ3n) is 3.38. The lowest BCUT2D eigenvalue weighted by molar-refractivity contribution is -0.123. The second-order valence-corrected chi connectivity index (χ2v) is 5.33. The molecule has 0 aliphatic carbocycles. The number of epoxide rings is 3. The summed E-state index contributed by atoms with van der Waals surface area (Å²) in [6, 6.07) is 0. The molecule has 3 aliphatic heterocycles. The van der Waals surface area contributed by atoms with E-state index in [1.165, 1.54) is 0 Å². The first-order valence-corrected chi connectivity index (χ1v) is 7.11. The lowest BCUT2D eigenvalue weighted by Crippen LogP contribution is -2.40. The van der Waals surface area contributed by atoms with Gasteiger partial charge in [0.25, 0.3) is 0 Å². The van der Waals surface area contributed by atoms with Crippen LogP contribution in [0.3, 0.4) is 0 Å². The number of aliphatic hydroxyl groups is 1. The van der Waals surface area contributed by atoms with E-state index in [4.69, 9.17) is 28.4 Å². The Balaban J connectivity index is 1.40. The van der Waals surface area contributed by atoms with Crippen molar-refractivity contribution in [3.05, 3.63) is 0 Å². The van der Waals surface area contributed by atoms with E-state index in [-0.39, 0.29) is 31.0 Å². The molecule has 3 rings (SSSR count). The zero-order chi connectivity index (χ0) is 13.8. The fraction of sp³-hybridized carbons (Fsp3) is 1.00. The summed E-state index contributed by atoms with van der Waals surface area (Å²) in [7, 11) is 0. The van der Waals surface area contributed by atoms with Crippen LogP contribution < -0.4 is 0 Å². The van der Waals surface area contributed by atoms with Crippen LogP contribution >= 0.6 is 0 Å². The van der Waals surface area contributed by atoms with Crippen molar-refractivity contribution in [1.82, 2.24) is 0 Å². The zero-order valence-corrected chi connectivity index (χ0v) is 11.4. The van der Waals surface area contributed by atoms with Crippen molar-refractivity contribution in [2.45, 2.75) is 30.5 Å². The molecule has 20 heavy (non-hydrogen) atoms. The zero-order valence-electron chi connectivity index (χ0n) is 11.4. The van der Waals surface area contributed by atoms with E-state index >= 15 is 0 Å². The summed E-state index contributed by atoms with van der Waals surface area (Å²) in [5.41, 5.74) is 0. The number of hydrogen-bond acceptors (Lipinski definition) is 7. The van der Waals surface area contributed by atoms with Crippen LogP contribution in [0.2, 0.25) is 0 Å². The standard InChI is InChI=1S/C13H22O7/c14-1-12(19-6-10-4-17-10)13(20-7-11-5-18-11)8-15-2-9-3-16-9/h9-14H,1-8H2/t9?,10?,11?,12-,13+/m1/s1. The molecule has 7 heteroatoms. The smallest absolute Gasteiger partial charge is 0.109 e. The fourth-order valence-electron chi connectivity index (χ4n) is 1.81. The van der Waals surface area contributed by atoms with Gasteiger partial charge in [0, 0.05) is 0 Å². The third kappa shape index (κ3) is 5.25. The van der Waals surface area contributed by atoms with Gasteiger partial charge < -0.3 is 33.5 Å². The molecule has 3 fully saturated rings. The second kappa shape index (κ2) is 7.13. The Labute approximate surface area is 118 Å². The van der Waals surface area contributed by atoms with Crippen LogP contribution in [0.5, 0.6) is 0 Å². The highest BCUT2D eigenvalue weighted by atomic mass is 16.6. The van der Waals surface area contributed by atoms with E-state index in [9.17, 15) is 5.11 Å². The Morgan fingerprint density at radius 3 is 1.85 bits per heavy atom. The molecule has 0 aromatic rings. The number of ether oxygens (including phenoxy) is 6. The van der Waals surface area contributed by atoms with E-state index in [1.807, 2.05) is 0 Å². The third-order valence-corrected chi connectivity index (χ3v) is 3.38. The Morgan fingerprint density at radius 1 is 0.850 bits per heavy atom. The second-order valence-electron chi connectivity index (χ2n) is 5.33. The molecule has 5 atom stereocenters. The first-order chi connectivity index (χ1) is 9.85. The molecule has 116 valence electrons. The van der Waals surface area contributed by atoms with Gasteiger partial charge in [-0.15, -0.1) is 0 Å². The van der Waals surface area contributed by atoms with E-state index in [1.54, 1.807) is 0 Å². The van der Waals surface area contributed by atoms with Crippen LogP contribution in [0, 0.1) is 0 Å². The summed E-state index contributed by atoms with van der Waals surface area (Å²) in [5.74, 6) is 0. The van der Waals surface area contributed by atoms with Crippen molar-refractivity contribution in [2.75, 3.05) is 52.9 Å². The first-order valence-electron chi connectivity index (χ1n) is 7.11. The maximum Gasteiger partial charge on any atom is 0.109 e. The SMILES string of the molecule is OC[C@@H](OCC1CO1)[C@H](COCC1CO1)OCC1CO1. The lowest BCUT2D eigenvalue weighted by Gasteiger charge is -2.25. The predicted octanol–water partition coefficient (Wildman–Crippen LogP) is -1.04. The van der Waals surface area contributed by atoms with Gasteiger partial charge >= 0.3 is 0 Å². The quantitative estimate of drug-likeness (QED) is 0.460. The highest BCUT2D eigenvalue weighted by Gasteiger charge is 2.31. The van der Waals surface area contributed by atoms with Gasteiger partial charge in [0.15, 0.2) is 0 Å². The van der Waals surface area contributed by atoms with E-state index in [2.05, 4.69) is 0 Å². The molecule has 7 nitrogen and oxygen atoms in total. The molecule has 1 N–H and O–H groups in total. The summed E-state index contributed by atoms with van der Waals surface area (Å²) in [4.78, 5) is 0. The van der Waals surface area contributed by atoms with E-state index < -0.39 is 6.10 Å². The molecule has 0 amide bonds. The fourth-order valence-corrected chi connectivity index (χ4v) is 1.81. The molecule has 0 bridgehead atoms. The van der Waals surface area contributed by atoms with Crippen molar-refractivity contribution < 1.29 is 33.5 Å². The molecule has 3 aliphatic rings. The van der Waals surface area contributed by atoms with Gasteiger partial charge in [0.1, 0.15) is 30.5 Å². The monoisotopic (exact) mass is 290 g/mol. The van der Waals surface area contributed by atoms with Gasteiger partial charge in [-0.25, -0.2) is 0 Å². The molecular weight excluding hydrogens is 268 g/mol. The largest absolute Gasteiger partial charge is 0.394 e. The minimum absolute atomic E-state index is 0.105. The summed E-state index contributed by atoms with van der Waals surface area (Å²) in [5, 5.41) is 9.47. The van der Waals surface area contributed by atoms with Crippen LogP contribution in [0.25, 0.3) is 0 Å².